The minimum absolute atomic E-state index is 0.493. The van der Waals surface area contributed by atoms with Crippen molar-refractivity contribution in [3.63, 3.8) is 0 Å². The van der Waals surface area contributed by atoms with Gasteiger partial charge in [0, 0.05) is 24.3 Å². The molecule has 2 aromatic heterocycles. The molecule has 2 aromatic rings. The molecule has 3 nitrogen and oxygen atoms in total. The summed E-state index contributed by atoms with van der Waals surface area (Å²) in [4.78, 5) is 10.9. The third-order valence-electron chi connectivity index (χ3n) is 2.70. The topological polar surface area (TPSA) is 29.0 Å². The summed E-state index contributed by atoms with van der Waals surface area (Å²) in [7, 11) is 0. The Kier molecular flexibility index (Phi) is 5.11. The van der Waals surface area contributed by atoms with Crippen LogP contribution >= 0.6 is 22.9 Å². The van der Waals surface area contributed by atoms with Crippen LogP contribution in [0.3, 0.4) is 0 Å². The van der Waals surface area contributed by atoms with Crippen LogP contribution in [0.4, 0.5) is 0 Å². The van der Waals surface area contributed by atoms with E-state index in [0.29, 0.717) is 5.88 Å². The van der Waals surface area contributed by atoms with Gasteiger partial charge in [0.25, 0.3) is 0 Å². The van der Waals surface area contributed by atoms with Crippen molar-refractivity contribution in [3.05, 3.63) is 46.2 Å². The summed E-state index contributed by atoms with van der Waals surface area (Å²) < 4.78 is 0. The molecule has 18 heavy (non-hydrogen) atoms. The SMILES string of the molecule is CCN(Cc1ccncc1)Cc1nc(CCl)cs1. The van der Waals surface area contributed by atoms with Crippen LogP contribution in [0.25, 0.3) is 0 Å². The van der Waals surface area contributed by atoms with Crippen molar-refractivity contribution in [2.45, 2.75) is 25.9 Å². The monoisotopic (exact) mass is 281 g/mol. The lowest BCUT2D eigenvalue weighted by molar-refractivity contribution is 0.271. The first-order valence-electron chi connectivity index (χ1n) is 5.92. The third-order valence-corrected chi connectivity index (χ3v) is 3.85. The Labute approximate surface area is 116 Å². The quantitative estimate of drug-likeness (QED) is 0.761. The Hall–Kier alpha value is -0.970. The van der Waals surface area contributed by atoms with Crippen molar-refractivity contribution in [2.24, 2.45) is 0 Å². The van der Waals surface area contributed by atoms with E-state index in [9.17, 15) is 0 Å². The number of alkyl halides is 1. The van der Waals surface area contributed by atoms with E-state index in [4.69, 9.17) is 11.6 Å². The number of hydrogen-bond acceptors (Lipinski definition) is 4. The van der Waals surface area contributed by atoms with Crippen LogP contribution < -0.4 is 0 Å². The average molecular weight is 282 g/mol. The number of nitrogens with zero attached hydrogens (tertiary/aromatic N) is 3. The van der Waals surface area contributed by atoms with Gasteiger partial charge in [-0.1, -0.05) is 6.92 Å². The number of thiazole rings is 1. The number of hydrogen-bond donors (Lipinski definition) is 0. The molecule has 0 atom stereocenters. The van der Waals surface area contributed by atoms with Crippen LogP contribution in [-0.2, 0) is 19.0 Å². The van der Waals surface area contributed by atoms with Gasteiger partial charge in [-0.3, -0.25) is 9.88 Å². The van der Waals surface area contributed by atoms with E-state index in [0.717, 1.165) is 30.3 Å². The first-order chi connectivity index (χ1) is 8.81. The Bertz CT molecular complexity index is 472. The Balaban J connectivity index is 1.97. The van der Waals surface area contributed by atoms with Gasteiger partial charge in [-0.25, -0.2) is 4.98 Å². The van der Waals surface area contributed by atoms with Crippen LogP contribution in [-0.4, -0.2) is 21.4 Å². The smallest absolute Gasteiger partial charge is 0.107 e. The van der Waals surface area contributed by atoms with E-state index in [-0.39, 0.29) is 0 Å². The van der Waals surface area contributed by atoms with Crippen molar-refractivity contribution in [3.8, 4) is 0 Å². The second kappa shape index (κ2) is 6.83. The number of aromatic nitrogens is 2. The molecule has 0 fully saturated rings. The van der Waals surface area contributed by atoms with Crippen LogP contribution in [0.1, 0.15) is 23.2 Å². The minimum atomic E-state index is 0.493. The maximum absolute atomic E-state index is 5.76. The van der Waals surface area contributed by atoms with E-state index in [2.05, 4.69) is 33.9 Å². The van der Waals surface area contributed by atoms with Gasteiger partial charge in [0.1, 0.15) is 5.01 Å². The van der Waals surface area contributed by atoms with E-state index >= 15 is 0 Å². The second-order valence-electron chi connectivity index (χ2n) is 4.02. The molecular weight excluding hydrogens is 266 g/mol. The summed E-state index contributed by atoms with van der Waals surface area (Å²) in [6.45, 7) is 4.96. The van der Waals surface area contributed by atoms with E-state index in [1.54, 1.807) is 11.3 Å². The molecule has 0 spiro atoms. The maximum atomic E-state index is 5.76. The Morgan fingerprint density at radius 2 is 2.06 bits per heavy atom. The first-order valence-corrected chi connectivity index (χ1v) is 7.33. The zero-order chi connectivity index (χ0) is 12.8. The minimum Gasteiger partial charge on any atom is -0.293 e. The maximum Gasteiger partial charge on any atom is 0.107 e. The van der Waals surface area contributed by atoms with E-state index in [1.807, 2.05) is 17.8 Å². The highest BCUT2D eigenvalue weighted by Crippen LogP contribution is 2.15. The molecule has 0 aliphatic heterocycles. The molecule has 0 bridgehead atoms. The lowest BCUT2D eigenvalue weighted by atomic mass is 10.2. The van der Waals surface area contributed by atoms with Gasteiger partial charge in [0.15, 0.2) is 0 Å². The standard InChI is InChI=1S/C13H16ClN3S/c1-2-17(8-11-3-5-15-6-4-11)9-13-16-12(7-14)10-18-13/h3-6,10H,2,7-9H2,1H3. The second-order valence-corrected chi connectivity index (χ2v) is 5.23. The summed E-state index contributed by atoms with van der Waals surface area (Å²) in [6, 6.07) is 4.10. The van der Waals surface area contributed by atoms with Crippen LogP contribution in [0.2, 0.25) is 0 Å². The molecule has 0 saturated heterocycles. The van der Waals surface area contributed by atoms with Gasteiger partial charge >= 0.3 is 0 Å². The number of rotatable bonds is 6. The molecule has 0 amide bonds. The summed E-state index contributed by atoms with van der Waals surface area (Å²) in [6.07, 6.45) is 3.66. The predicted molar refractivity (Wildman–Crippen MR) is 75.7 cm³/mol. The highest BCUT2D eigenvalue weighted by Gasteiger charge is 2.08. The summed E-state index contributed by atoms with van der Waals surface area (Å²) >= 11 is 7.44. The van der Waals surface area contributed by atoms with E-state index in [1.165, 1.54) is 5.56 Å². The van der Waals surface area contributed by atoms with Crippen molar-refractivity contribution in [1.29, 1.82) is 0 Å². The van der Waals surface area contributed by atoms with Gasteiger partial charge in [-0.2, -0.15) is 0 Å². The molecule has 0 radical (unpaired) electrons. The molecule has 2 heterocycles. The van der Waals surface area contributed by atoms with Gasteiger partial charge < -0.3 is 0 Å². The Morgan fingerprint density at radius 1 is 1.28 bits per heavy atom. The lowest BCUT2D eigenvalue weighted by Crippen LogP contribution is -2.22. The summed E-state index contributed by atoms with van der Waals surface area (Å²) in [5.74, 6) is 0.493. The molecule has 0 N–H and O–H groups in total. The largest absolute Gasteiger partial charge is 0.293 e. The van der Waals surface area contributed by atoms with Gasteiger partial charge in [0.05, 0.1) is 18.1 Å². The van der Waals surface area contributed by atoms with Crippen LogP contribution in [0.5, 0.6) is 0 Å². The Morgan fingerprint density at radius 3 is 2.67 bits per heavy atom. The normalized spacial score (nSPS) is 11.1. The lowest BCUT2D eigenvalue weighted by Gasteiger charge is -2.18. The summed E-state index contributed by atoms with van der Waals surface area (Å²) in [5, 5.41) is 3.16. The summed E-state index contributed by atoms with van der Waals surface area (Å²) in [5.41, 5.74) is 2.25. The fourth-order valence-corrected chi connectivity index (χ4v) is 2.76. The highest BCUT2D eigenvalue weighted by molar-refractivity contribution is 7.09. The zero-order valence-electron chi connectivity index (χ0n) is 10.3. The molecule has 0 aliphatic carbocycles. The van der Waals surface area contributed by atoms with Gasteiger partial charge in [0.2, 0.25) is 0 Å². The predicted octanol–water partition coefficient (Wildman–Crippen LogP) is 3.30. The average Bonchev–Trinajstić information content (AvgIpc) is 2.87. The molecular formula is C13H16ClN3S. The van der Waals surface area contributed by atoms with Crippen molar-refractivity contribution >= 4 is 22.9 Å². The van der Waals surface area contributed by atoms with Crippen LogP contribution in [0, 0.1) is 0 Å². The van der Waals surface area contributed by atoms with E-state index < -0.39 is 0 Å². The molecule has 0 saturated carbocycles. The fraction of sp³-hybridized carbons (Fsp3) is 0.385. The van der Waals surface area contributed by atoms with Crippen molar-refractivity contribution in [1.82, 2.24) is 14.9 Å². The zero-order valence-corrected chi connectivity index (χ0v) is 11.9. The van der Waals surface area contributed by atoms with Crippen molar-refractivity contribution < 1.29 is 0 Å². The third kappa shape index (κ3) is 3.77. The van der Waals surface area contributed by atoms with Crippen LogP contribution in [0.15, 0.2) is 29.9 Å². The van der Waals surface area contributed by atoms with Gasteiger partial charge in [-0.05, 0) is 24.2 Å². The number of halogens is 1. The highest BCUT2D eigenvalue weighted by atomic mass is 35.5. The molecule has 96 valence electrons. The number of pyridine rings is 1. The molecule has 0 aliphatic rings. The molecule has 0 aromatic carbocycles. The fourth-order valence-electron chi connectivity index (χ4n) is 1.70. The molecule has 5 heteroatoms. The van der Waals surface area contributed by atoms with Gasteiger partial charge in [-0.15, -0.1) is 22.9 Å². The van der Waals surface area contributed by atoms with Crippen molar-refractivity contribution in [2.75, 3.05) is 6.54 Å². The molecule has 2 rings (SSSR count). The first kappa shape index (κ1) is 13.5. The molecule has 0 unspecified atom stereocenters.